The molecule has 0 atom stereocenters. The molecule has 76 valence electrons. The van der Waals surface area contributed by atoms with Crippen molar-refractivity contribution in [2.24, 2.45) is 5.84 Å². The van der Waals surface area contributed by atoms with Gasteiger partial charge in [-0.15, -0.1) is 0 Å². The quantitative estimate of drug-likeness (QED) is 0.494. The maximum atomic E-state index is 5.26. The molecule has 1 saturated carbocycles. The van der Waals surface area contributed by atoms with Gasteiger partial charge in [0.1, 0.15) is 5.82 Å². The number of nitrogen functional groups attached to an aromatic ring is 1. The number of hydrazine groups is 1. The van der Waals surface area contributed by atoms with E-state index < -0.39 is 0 Å². The Bertz CT molecular complexity index is 321. The average Bonchev–Trinajstić information content (AvgIpc) is 2.10. The highest BCUT2D eigenvalue weighted by Crippen LogP contribution is 2.22. The normalized spacial score (nSPS) is 16.1. The monoisotopic (exact) mass is 193 g/mol. The average molecular weight is 193 g/mol. The lowest BCUT2D eigenvalue weighted by molar-refractivity contribution is 0.444. The van der Waals surface area contributed by atoms with Crippen molar-refractivity contribution in [3.8, 4) is 0 Å². The lowest BCUT2D eigenvalue weighted by Crippen LogP contribution is -2.27. The Morgan fingerprint density at radius 1 is 1.43 bits per heavy atom. The molecule has 1 aliphatic carbocycles. The molecule has 1 fully saturated rings. The predicted octanol–water partition coefficient (Wildman–Crippen LogP) is 1.04. The molecule has 1 aromatic heterocycles. The van der Waals surface area contributed by atoms with E-state index in [0.717, 1.165) is 11.5 Å². The van der Waals surface area contributed by atoms with Crippen LogP contribution < -0.4 is 16.6 Å². The first-order chi connectivity index (χ1) is 6.78. The minimum absolute atomic E-state index is 0.465. The summed E-state index contributed by atoms with van der Waals surface area (Å²) < 4.78 is 0. The molecule has 5 heteroatoms. The second-order valence-electron chi connectivity index (χ2n) is 3.63. The zero-order valence-corrected chi connectivity index (χ0v) is 8.25. The second-order valence-corrected chi connectivity index (χ2v) is 3.63. The molecule has 0 aromatic carbocycles. The van der Waals surface area contributed by atoms with Crippen LogP contribution in [-0.2, 0) is 0 Å². The third-order valence-electron chi connectivity index (χ3n) is 2.44. The van der Waals surface area contributed by atoms with Crippen molar-refractivity contribution in [3.63, 3.8) is 0 Å². The predicted molar refractivity (Wildman–Crippen MR) is 55.8 cm³/mol. The minimum Gasteiger partial charge on any atom is -0.367 e. The van der Waals surface area contributed by atoms with Crippen molar-refractivity contribution < 1.29 is 0 Å². The number of anilines is 2. The summed E-state index contributed by atoms with van der Waals surface area (Å²) in [5.74, 6) is 6.58. The third-order valence-corrected chi connectivity index (χ3v) is 2.44. The molecule has 1 aliphatic rings. The molecular weight excluding hydrogens is 178 g/mol. The van der Waals surface area contributed by atoms with Crippen molar-refractivity contribution in [2.75, 3.05) is 10.7 Å². The molecule has 0 bridgehead atoms. The highest BCUT2D eigenvalue weighted by atomic mass is 15.3. The van der Waals surface area contributed by atoms with Gasteiger partial charge in [0.2, 0.25) is 5.95 Å². The van der Waals surface area contributed by atoms with E-state index >= 15 is 0 Å². The number of nitrogens with one attached hydrogen (secondary N) is 2. The van der Waals surface area contributed by atoms with Crippen LogP contribution in [0.4, 0.5) is 11.8 Å². The molecule has 1 aromatic rings. The Hall–Kier alpha value is -1.36. The first-order valence-electron chi connectivity index (χ1n) is 4.87. The highest BCUT2D eigenvalue weighted by molar-refractivity contribution is 5.42. The van der Waals surface area contributed by atoms with Crippen LogP contribution in [0, 0.1) is 6.92 Å². The summed E-state index contributed by atoms with van der Waals surface area (Å²) in [5.41, 5.74) is 3.37. The van der Waals surface area contributed by atoms with Gasteiger partial charge in [-0.05, 0) is 26.2 Å². The van der Waals surface area contributed by atoms with Gasteiger partial charge >= 0.3 is 0 Å². The largest absolute Gasteiger partial charge is 0.367 e. The van der Waals surface area contributed by atoms with Gasteiger partial charge in [0, 0.05) is 17.8 Å². The highest BCUT2D eigenvalue weighted by Gasteiger charge is 2.17. The van der Waals surface area contributed by atoms with Crippen LogP contribution in [0.15, 0.2) is 6.07 Å². The van der Waals surface area contributed by atoms with Crippen LogP contribution >= 0.6 is 0 Å². The van der Waals surface area contributed by atoms with E-state index in [9.17, 15) is 0 Å². The number of nitrogens with two attached hydrogens (primary N) is 1. The van der Waals surface area contributed by atoms with E-state index in [1.54, 1.807) is 0 Å². The van der Waals surface area contributed by atoms with Crippen molar-refractivity contribution >= 4 is 11.8 Å². The molecule has 0 saturated heterocycles. The zero-order valence-electron chi connectivity index (χ0n) is 8.25. The molecule has 0 amide bonds. The van der Waals surface area contributed by atoms with Crippen LogP contribution in [0.2, 0.25) is 0 Å². The molecule has 5 nitrogen and oxygen atoms in total. The Balaban J connectivity index is 2.11. The Morgan fingerprint density at radius 2 is 2.21 bits per heavy atom. The Kier molecular flexibility index (Phi) is 2.49. The van der Waals surface area contributed by atoms with E-state index in [-0.39, 0.29) is 0 Å². The summed E-state index contributed by atoms with van der Waals surface area (Å²) in [6.45, 7) is 1.93. The van der Waals surface area contributed by atoms with Crippen molar-refractivity contribution in [3.05, 3.63) is 11.8 Å². The number of hydrogen-bond acceptors (Lipinski definition) is 5. The lowest BCUT2D eigenvalue weighted by atomic mass is 9.93. The van der Waals surface area contributed by atoms with Gasteiger partial charge in [-0.3, -0.25) is 5.43 Å². The lowest BCUT2D eigenvalue weighted by Gasteiger charge is -2.27. The van der Waals surface area contributed by atoms with Gasteiger partial charge in [0.15, 0.2) is 0 Å². The summed E-state index contributed by atoms with van der Waals surface area (Å²) in [6.07, 6.45) is 3.77. The molecule has 0 radical (unpaired) electrons. The number of hydrogen-bond donors (Lipinski definition) is 3. The summed E-state index contributed by atoms with van der Waals surface area (Å²) in [6, 6.07) is 2.51. The Morgan fingerprint density at radius 3 is 2.79 bits per heavy atom. The van der Waals surface area contributed by atoms with Crippen molar-refractivity contribution in [1.82, 2.24) is 9.97 Å². The van der Waals surface area contributed by atoms with Crippen LogP contribution in [0.1, 0.15) is 25.0 Å². The number of aryl methyl sites for hydroxylation is 1. The topological polar surface area (TPSA) is 75.9 Å². The molecular formula is C9H15N5. The summed E-state index contributed by atoms with van der Waals surface area (Å²) in [4.78, 5) is 8.33. The van der Waals surface area contributed by atoms with E-state index in [0.29, 0.717) is 12.0 Å². The smallest absolute Gasteiger partial charge is 0.239 e. The molecule has 2 rings (SSSR count). The zero-order chi connectivity index (χ0) is 9.97. The summed E-state index contributed by atoms with van der Waals surface area (Å²) >= 11 is 0. The first kappa shape index (κ1) is 9.21. The van der Waals surface area contributed by atoms with Gasteiger partial charge in [0.25, 0.3) is 0 Å². The molecule has 0 spiro atoms. The maximum absolute atomic E-state index is 5.26. The fraction of sp³-hybridized carbons (Fsp3) is 0.556. The molecule has 14 heavy (non-hydrogen) atoms. The molecule has 4 N–H and O–H groups in total. The van der Waals surface area contributed by atoms with Gasteiger partial charge in [-0.1, -0.05) is 0 Å². The molecule has 0 unspecified atom stereocenters. The number of nitrogens with zero attached hydrogens (tertiary/aromatic N) is 2. The van der Waals surface area contributed by atoms with Crippen LogP contribution in [0.3, 0.4) is 0 Å². The van der Waals surface area contributed by atoms with E-state index in [1.165, 1.54) is 19.3 Å². The van der Waals surface area contributed by atoms with Crippen LogP contribution in [-0.4, -0.2) is 16.0 Å². The van der Waals surface area contributed by atoms with Crippen LogP contribution in [0.5, 0.6) is 0 Å². The van der Waals surface area contributed by atoms with Crippen molar-refractivity contribution in [2.45, 2.75) is 32.2 Å². The summed E-state index contributed by atoms with van der Waals surface area (Å²) in [7, 11) is 0. The van der Waals surface area contributed by atoms with Gasteiger partial charge in [0.05, 0.1) is 0 Å². The molecule has 1 heterocycles. The van der Waals surface area contributed by atoms with E-state index in [2.05, 4.69) is 20.7 Å². The molecule has 0 aliphatic heterocycles. The Labute approximate surface area is 83.1 Å². The minimum atomic E-state index is 0.465. The number of aromatic nitrogens is 2. The standard InChI is InChI=1S/C9H15N5/c1-6-5-8(12-7-3-2-4-7)13-9(11-6)14-10/h5,7H,2-4,10H2,1H3,(H2,11,12,13,14). The first-order valence-corrected chi connectivity index (χ1v) is 4.87. The van der Waals surface area contributed by atoms with Gasteiger partial charge in [-0.25, -0.2) is 10.8 Å². The van der Waals surface area contributed by atoms with E-state index in [4.69, 9.17) is 5.84 Å². The van der Waals surface area contributed by atoms with E-state index in [1.807, 2.05) is 13.0 Å². The fourth-order valence-electron chi connectivity index (χ4n) is 1.47. The SMILES string of the molecule is Cc1cc(NC2CCC2)nc(NN)n1. The third kappa shape index (κ3) is 1.93. The second kappa shape index (κ2) is 3.79. The number of rotatable bonds is 3. The van der Waals surface area contributed by atoms with Crippen LogP contribution in [0.25, 0.3) is 0 Å². The van der Waals surface area contributed by atoms with Gasteiger partial charge in [-0.2, -0.15) is 4.98 Å². The van der Waals surface area contributed by atoms with Gasteiger partial charge < -0.3 is 5.32 Å². The maximum Gasteiger partial charge on any atom is 0.239 e. The summed E-state index contributed by atoms with van der Waals surface area (Å²) in [5, 5.41) is 3.35. The fourth-order valence-corrected chi connectivity index (χ4v) is 1.47. The van der Waals surface area contributed by atoms with Crippen molar-refractivity contribution in [1.29, 1.82) is 0 Å².